The van der Waals surface area contributed by atoms with Crippen molar-refractivity contribution in [3.8, 4) is 5.75 Å². The highest BCUT2D eigenvalue weighted by Crippen LogP contribution is 2.14. The summed E-state index contributed by atoms with van der Waals surface area (Å²) in [6.45, 7) is 4.26. The minimum atomic E-state index is 0.183. The van der Waals surface area contributed by atoms with E-state index in [1.54, 1.807) is 13.3 Å². The Kier molecular flexibility index (Phi) is 5.48. The minimum absolute atomic E-state index is 0.183. The topological polar surface area (TPSA) is 61.5 Å². The molecule has 0 saturated carbocycles. The number of methoxy groups -OCH3 is 1. The molecule has 0 aliphatic carbocycles. The molecule has 6 nitrogen and oxygen atoms in total. The molecule has 1 N–H and O–H groups in total. The van der Waals surface area contributed by atoms with Gasteiger partial charge in [0.2, 0.25) is 5.91 Å². The van der Waals surface area contributed by atoms with Gasteiger partial charge in [-0.3, -0.25) is 9.69 Å². The maximum Gasteiger partial charge on any atom is 0.227 e. The first kappa shape index (κ1) is 16.5. The zero-order valence-electron chi connectivity index (χ0n) is 14.1. The maximum atomic E-state index is 12.6. The first-order chi connectivity index (χ1) is 11.7. The number of hydrogen-bond acceptors (Lipinski definition) is 4. The summed E-state index contributed by atoms with van der Waals surface area (Å²) in [4.78, 5) is 24.3. The van der Waals surface area contributed by atoms with E-state index in [2.05, 4.69) is 14.9 Å². The third-order valence-electron chi connectivity index (χ3n) is 4.36. The van der Waals surface area contributed by atoms with Crippen LogP contribution in [0.15, 0.2) is 36.7 Å². The molecule has 1 aromatic heterocycles. The number of nitrogens with one attached hydrogen (secondary N) is 1. The molecular weight excluding hydrogens is 304 g/mol. The Labute approximate surface area is 142 Å². The summed E-state index contributed by atoms with van der Waals surface area (Å²) in [6.07, 6.45) is 5.04. The molecule has 1 aliphatic rings. The van der Waals surface area contributed by atoms with E-state index in [1.807, 2.05) is 35.4 Å². The highest BCUT2D eigenvalue weighted by Gasteiger charge is 2.19. The van der Waals surface area contributed by atoms with Gasteiger partial charge in [-0.2, -0.15) is 0 Å². The smallest absolute Gasteiger partial charge is 0.227 e. The fraction of sp³-hybridized carbons (Fsp3) is 0.444. The Morgan fingerprint density at radius 3 is 3.00 bits per heavy atom. The molecule has 0 atom stereocenters. The molecule has 1 saturated heterocycles. The first-order valence-electron chi connectivity index (χ1n) is 8.36. The molecule has 128 valence electrons. The molecule has 2 aromatic rings. The van der Waals surface area contributed by atoms with Gasteiger partial charge in [0.1, 0.15) is 11.6 Å². The maximum absolute atomic E-state index is 12.6. The van der Waals surface area contributed by atoms with Crippen LogP contribution in [0.5, 0.6) is 5.75 Å². The molecule has 0 spiro atoms. The van der Waals surface area contributed by atoms with Crippen LogP contribution in [0.1, 0.15) is 17.8 Å². The van der Waals surface area contributed by atoms with Gasteiger partial charge in [0.05, 0.1) is 20.1 Å². The lowest BCUT2D eigenvalue weighted by molar-refractivity contribution is -0.130. The van der Waals surface area contributed by atoms with Crippen LogP contribution < -0.4 is 4.74 Å². The van der Waals surface area contributed by atoms with Crippen LogP contribution in [0.25, 0.3) is 0 Å². The average molecular weight is 328 g/mol. The standard InChI is InChI=1S/C18H24N4O2/c1-24-16-5-2-4-15(12-16)13-18(23)22-9-3-8-21(10-11-22)14-17-19-6-7-20-17/h2,4-7,12H,3,8-11,13-14H2,1H3,(H,19,20). The van der Waals surface area contributed by atoms with Crippen LogP contribution in [-0.4, -0.2) is 59.0 Å². The predicted octanol–water partition coefficient (Wildman–Crippen LogP) is 1.70. The predicted molar refractivity (Wildman–Crippen MR) is 91.8 cm³/mol. The van der Waals surface area contributed by atoms with Crippen LogP contribution in [0, 0.1) is 0 Å². The first-order valence-corrected chi connectivity index (χ1v) is 8.36. The van der Waals surface area contributed by atoms with E-state index in [9.17, 15) is 4.79 Å². The average Bonchev–Trinajstić information content (AvgIpc) is 2.99. The Morgan fingerprint density at radius 2 is 2.21 bits per heavy atom. The van der Waals surface area contributed by atoms with Crippen molar-refractivity contribution in [3.63, 3.8) is 0 Å². The molecule has 0 bridgehead atoms. The van der Waals surface area contributed by atoms with Gasteiger partial charge in [-0.15, -0.1) is 0 Å². The fourth-order valence-electron chi connectivity index (χ4n) is 3.04. The summed E-state index contributed by atoms with van der Waals surface area (Å²) in [5, 5.41) is 0. The van der Waals surface area contributed by atoms with Gasteiger partial charge in [0.15, 0.2) is 0 Å². The van der Waals surface area contributed by atoms with Crippen molar-refractivity contribution in [3.05, 3.63) is 48.0 Å². The number of benzene rings is 1. The molecule has 6 heteroatoms. The third kappa shape index (κ3) is 4.35. The number of amides is 1. The van der Waals surface area contributed by atoms with Gasteiger partial charge in [-0.1, -0.05) is 12.1 Å². The van der Waals surface area contributed by atoms with Gasteiger partial charge in [-0.05, 0) is 24.1 Å². The molecule has 3 rings (SSSR count). The second-order valence-electron chi connectivity index (χ2n) is 6.07. The van der Waals surface area contributed by atoms with Crippen molar-refractivity contribution in [2.24, 2.45) is 0 Å². The van der Waals surface area contributed by atoms with Crippen molar-refractivity contribution in [2.45, 2.75) is 19.4 Å². The molecule has 1 amide bonds. The van der Waals surface area contributed by atoms with Gasteiger partial charge in [0, 0.05) is 38.6 Å². The van der Waals surface area contributed by atoms with E-state index in [4.69, 9.17) is 4.74 Å². The molecular formula is C18H24N4O2. The molecule has 0 radical (unpaired) electrons. The Bertz CT molecular complexity index is 657. The van der Waals surface area contributed by atoms with E-state index in [0.717, 1.165) is 56.3 Å². The van der Waals surface area contributed by atoms with Crippen LogP contribution in [0.2, 0.25) is 0 Å². The van der Waals surface area contributed by atoms with E-state index < -0.39 is 0 Å². The SMILES string of the molecule is COc1cccc(CC(=O)N2CCCN(Cc3ncc[nH]3)CC2)c1. The van der Waals surface area contributed by atoms with Gasteiger partial charge in [0.25, 0.3) is 0 Å². The Morgan fingerprint density at radius 1 is 1.29 bits per heavy atom. The number of hydrogen-bond donors (Lipinski definition) is 1. The fourth-order valence-corrected chi connectivity index (χ4v) is 3.04. The van der Waals surface area contributed by atoms with Gasteiger partial charge in [-0.25, -0.2) is 4.98 Å². The molecule has 24 heavy (non-hydrogen) atoms. The number of H-pyrrole nitrogens is 1. The van der Waals surface area contributed by atoms with Crippen LogP contribution in [-0.2, 0) is 17.8 Å². The monoisotopic (exact) mass is 328 g/mol. The zero-order chi connectivity index (χ0) is 16.8. The molecule has 1 fully saturated rings. The van der Waals surface area contributed by atoms with Crippen molar-refractivity contribution >= 4 is 5.91 Å². The van der Waals surface area contributed by atoms with Crippen LogP contribution in [0.4, 0.5) is 0 Å². The summed E-state index contributed by atoms with van der Waals surface area (Å²) >= 11 is 0. The number of imidazole rings is 1. The third-order valence-corrected chi connectivity index (χ3v) is 4.36. The summed E-state index contributed by atoms with van der Waals surface area (Å²) in [6, 6.07) is 7.72. The summed E-state index contributed by atoms with van der Waals surface area (Å²) < 4.78 is 5.23. The molecule has 2 heterocycles. The normalized spacial score (nSPS) is 16.0. The van der Waals surface area contributed by atoms with Gasteiger partial charge >= 0.3 is 0 Å². The second kappa shape index (κ2) is 7.97. The lowest BCUT2D eigenvalue weighted by atomic mass is 10.1. The van der Waals surface area contributed by atoms with Crippen molar-refractivity contribution in [1.29, 1.82) is 0 Å². The lowest BCUT2D eigenvalue weighted by Crippen LogP contribution is -2.36. The molecule has 1 aliphatic heterocycles. The van der Waals surface area contributed by atoms with E-state index >= 15 is 0 Å². The van der Waals surface area contributed by atoms with Crippen molar-refractivity contribution in [1.82, 2.24) is 19.8 Å². The van der Waals surface area contributed by atoms with E-state index in [1.165, 1.54) is 0 Å². The molecule has 0 unspecified atom stereocenters. The van der Waals surface area contributed by atoms with E-state index in [0.29, 0.717) is 6.42 Å². The second-order valence-corrected chi connectivity index (χ2v) is 6.07. The quantitative estimate of drug-likeness (QED) is 0.907. The van der Waals surface area contributed by atoms with Gasteiger partial charge < -0.3 is 14.6 Å². The number of aromatic nitrogens is 2. The van der Waals surface area contributed by atoms with Crippen molar-refractivity contribution in [2.75, 3.05) is 33.3 Å². The Balaban J connectivity index is 1.54. The Hall–Kier alpha value is -2.34. The molecule has 1 aromatic carbocycles. The number of ether oxygens (including phenoxy) is 1. The number of carbonyl (C=O) groups is 1. The van der Waals surface area contributed by atoms with Crippen molar-refractivity contribution < 1.29 is 9.53 Å². The zero-order valence-corrected chi connectivity index (χ0v) is 14.1. The summed E-state index contributed by atoms with van der Waals surface area (Å²) in [5.41, 5.74) is 0.996. The number of aromatic amines is 1. The summed E-state index contributed by atoms with van der Waals surface area (Å²) in [7, 11) is 1.64. The number of nitrogens with zero attached hydrogens (tertiary/aromatic N) is 3. The highest BCUT2D eigenvalue weighted by molar-refractivity contribution is 5.79. The van der Waals surface area contributed by atoms with E-state index in [-0.39, 0.29) is 5.91 Å². The highest BCUT2D eigenvalue weighted by atomic mass is 16.5. The number of rotatable bonds is 5. The lowest BCUT2D eigenvalue weighted by Gasteiger charge is -2.21. The largest absolute Gasteiger partial charge is 0.497 e. The number of carbonyl (C=O) groups excluding carboxylic acids is 1. The van der Waals surface area contributed by atoms with Crippen LogP contribution in [0.3, 0.4) is 0 Å². The minimum Gasteiger partial charge on any atom is -0.497 e. The summed E-state index contributed by atoms with van der Waals surface area (Å²) in [5.74, 6) is 1.95. The van der Waals surface area contributed by atoms with Crippen LogP contribution >= 0.6 is 0 Å².